The van der Waals surface area contributed by atoms with Crippen molar-refractivity contribution < 1.29 is 18.0 Å². The van der Waals surface area contributed by atoms with Crippen molar-refractivity contribution in [2.45, 2.75) is 18.3 Å². The Kier molecular flexibility index (Phi) is 6.00. The van der Waals surface area contributed by atoms with Gasteiger partial charge in [0.05, 0.1) is 22.7 Å². The number of halogens is 4. The largest absolute Gasteiger partial charge is 0.418 e. The molecule has 1 amide bonds. The topological polar surface area (TPSA) is 46.9 Å². The third-order valence-corrected chi connectivity index (χ3v) is 5.32. The van der Waals surface area contributed by atoms with Crippen LogP contribution in [0.15, 0.2) is 60.0 Å². The Labute approximate surface area is 168 Å². The minimum absolute atomic E-state index is 0.0944. The van der Waals surface area contributed by atoms with Gasteiger partial charge in [-0.15, -0.1) is 0 Å². The molecular formula is C19H15ClF3N3OS. The molecule has 28 heavy (non-hydrogen) atoms. The monoisotopic (exact) mass is 425 g/mol. The van der Waals surface area contributed by atoms with Gasteiger partial charge in [-0.2, -0.15) is 13.2 Å². The number of benzene rings is 2. The van der Waals surface area contributed by atoms with Gasteiger partial charge in [0, 0.05) is 17.4 Å². The summed E-state index contributed by atoms with van der Waals surface area (Å²) >= 11 is 7.28. The van der Waals surface area contributed by atoms with Crippen molar-refractivity contribution >= 4 is 35.0 Å². The van der Waals surface area contributed by atoms with Crippen LogP contribution in [0.4, 0.5) is 18.9 Å². The summed E-state index contributed by atoms with van der Waals surface area (Å²) in [7, 11) is 0. The van der Waals surface area contributed by atoms with E-state index in [-0.39, 0.29) is 11.4 Å². The molecule has 0 atom stereocenters. The molecular weight excluding hydrogens is 411 g/mol. The van der Waals surface area contributed by atoms with Gasteiger partial charge in [0.1, 0.15) is 0 Å². The number of nitrogens with zero attached hydrogens (tertiary/aromatic N) is 2. The first-order chi connectivity index (χ1) is 13.3. The fourth-order valence-corrected chi connectivity index (χ4v) is 3.53. The van der Waals surface area contributed by atoms with Crippen molar-refractivity contribution in [3.05, 3.63) is 71.0 Å². The molecule has 0 unspecified atom stereocenters. The highest BCUT2D eigenvalue weighted by Crippen LogP contribution is 2.34. The van der Waals surface area contributed by atoms with Crippen LogP contribution in [-0.4, -0.2) is 21.2 Å². The summed E-state index contributed by atoms with van der Waals surface area (Å²) in [6, 6.07) is 10.3. The molecule has 1 aromatic heterocycles. The lowest BCUT2D eigenvalue weighted by Crippen LogP contribution is -2.18. The van der Waals surface area contributed by atoms with Crippen molar-refractivity contribution in [2.75, 3.05) is 11.1 Å². The Morgan fingerprint density at radius 3 is 2.71 bits per heavy atom. The number of thioether (sulfide) groups is 1. The molecule has 146 valence electrons. The number of imidazole rings is 1. The molecule has 0 bridgehead atoms. The van der Waals surface area contributed by atoms with Gasteiger partial charge in [0.2, 0.25) is 5.91 Å². The lowest BCUT2D eigenvalue weighted by atomic mass is 10.1. The zero-order chi connectivity index (χ0) is 20.3. The third kappa shape index (κ3) is 4.51. The van der Waals surface area contributed by atoms with E-state index in [2.05, 4.69) is 10.3 Å². The van der Waals surface area contributed by atoms with E-state index in [9.17, 15) is 18.0 Å². The van der Waals surface area contributed by atoms with Crippen molar-refractivity contribution in [1.29, 1.82) is 0 Å². The van der Waals surface area contributed by atoms with Gasteiger partial charge in [-0.25, -0.2) is 4.98 Å². The van der Waals surface area contributed by atoms with Crippen LogP contribution in [-0.2, 0) is 11.0 Å². The number of carbonyl (C=O) groups excluding carboxylic acids is 1. The molecule has 1 N–H and O–H groups in total. The average Bonchev–Trinajstić information content (AvgIpc) is 3.10. The Hall–Kier alpha value is -2.45. The van der Waals surface area contributed by atoms with Gasteiger partial charge >= 0.3 is 6.18 Å². The molecule has 9 heteroatoms. The lowest BCUT2D eigenvalue weighted by Gasteiger charge is -2.14. The Bertz CT molecular complexity index is 1000. The predicted octanol–water partition coefficient (Wildman–Crippen LogP) is 5.58. The van der Waals surface area contributed by atoms with E-state index in [1.807, 2.05) is 13.0 Å². The highest BCUT2D eigenvalue weighted by Gasteiger charge is 2.33. The molecule has 0 aliphatic carbocycles. The Morgan fingerprint density at radius 1 is 1.21 bits per heavy atom. The molecule has 3 aromatic rings. The number of aromatic nitrogens is 2. The van der Waals surface area contributed by atoms with Gasteiger partial charge in [0.15, 0.2) is 5.16 Å². The quantitative estimate of drug-likeness (QED) is 0.542. The van der Waals surface area contributed by atoms with Gasteiger partial charge in [-0.3, -0.25) is 9.36 Å². The van der Waals surface area contributed by atoms with E-state index in [1.54, 1.807) is 29.1 Å². The van der Waals surface area contributed by atoms with Crippen LogP contribution < -0.4 is 5.32 Å². The van der Waals surface area contributed by atoms with Gasteiger partial charge < -0.3 is 5.32 Å². The van der Waals surface area contributed by atoms with E-state index in [1.165, 1.54) is 18.2 Å². The number of carbonyl (C=O) groups is 1. The fraction of sp³-hybridized carbons (Fsp3) is 0.158. The number of amides is 1. The second kappa shape index (κ2) is 8.28. The van der Waals surface area contributed by atoms with E-state index >= 15 is 0 Å². The summed E-state index contributed by atoms with van der Waals surface area (Å²) in [5.74, 6) is -0.651. The summed E-state index contributed by atoms with van der Waals surface area (Å²) < 4.78 is 40.9. The van der Waals surface area contributed by atoms with E-state index in [0.29, 0.717) is 10.2 Å². The maximum Gasteiger partial charge on any atom is 0.418 e. The molecule has 0 saturated carbocycles. The number of rotatable bonds is 5. The van der Waals surface area contributed by atoms with Crippen molar-refractivity contribution in [3.8, 4) is 5.69 Å². The van der Waals surface area contributed by atoms with Crippen LogP contribution in [0.25, 0.3) is 5.69 Å². The molecule has 0 radical (unpaired) electrons. The summed E-state index contributed by atoms with van der Waals surface area (Å²) in [6.45, 7) is 1.87. The third-order valence-electron chi connectivity index (χ3n) is 3.94. The maximum atomic E-state index is 13.0. The molecule has 0 aliphatic rings. The number of hydrogen-bond acceptors (Lipinski definition) is 3. The van der Waals surface area contributed by atoms with Crippen LogP contribution in [0.1, 0.15) is 11.1 Å². The summed E-state index contributed by atoms with van der Waals surface area (Å²) in [5.41, 5.74) is 0.516. The average molecular weight is 426 g/mol. The number of hydrogen-bond donors (Lipinski definition) is 1. The van der Waals surface area contributed by atoms with Crippen LogP contribution >= 0.6 is 23.4 Å². The highest BCUT2D eigenvalue weighted by molar-refractivity contribution is 7.99. The maximum absolute atomic E-state index is 13.0. The second-order valence-electron chi connectivity index (χ2n) is 5.84. The SMILES string of the molecule is Cc1c(Cl)cccc1-n1ccnc1SCC(=O)Nc1ccccc1C(F)(F)F. The number of anilines is 1. The summed E-state index contributed by atoms with van der Waals surface area (Å²) in [5, 5.41) is 3.45. The van der Waals surface area contributed by atoms with Gasteiger partial charge in [0.25, 0.3) is 0 Å². The highest BCUT2D eigenvalue weighted by atomic mass is 35.5. The van der Waals surface area contributed by atoms with Crippen molar-refractivity contribution in [3.63, 3.8) is 0 Å². The molecule has 2 aromatic carbocycles. The lowest BCUT2D eigenvalue weighted by molar-refractivity contribution is -0.137. The first-order valence-electron chi connectivity index (χ1n) is 8.15. The molecule has 4 nitrogen and oxygen atoms in total. The normalized spacial score (nSPS) is 11.5. The number of alkyl halides is 3. The van der Waals surface area contributed by atoms with Crippen LogP contribution in [0.3, 0.4) is 0 Å². The second-order valence-corrected chi connectivity index (χ2v) is 7.19. The van der Waals surface area contributed by atoms with Gasteiger partial charge in [-0.1, -0.05) is 41.6 Å². The minimum Gasteiger partial charge on any atom is -0.325 e. The minimum atomic E-state index is -4.54. The Balaban J connectivity index is 1.72. The smallest absolute Gasteiger partial charge is 0.325 e. The standard InChI is InChI=1S/C19H15ClF3N3OS/c1-12-14(20)6-4-8-16(12)26-10-9-24-18(26)28-11-17(27)25-15-7-3-2-5-13(15)19(21,22)23/h2-10H,11H2,1H3,(H,25,27). The first-order valence-corrected chi connectivity index (χ1v) is 9.51. The van der Waals surface area contributed by atoms with E-state index in [0.717, 1.165) is 29.1 Å². The number of para-hydroxylation sites is 1. The molecule has 3 rings (SSSR count). The zero-order valence-electron chi connectivity index (χ0n) is 14.6. The van der Waals surface area contributed by atoms with Crippen molar-refractivity contribution in [2.24, 2.45) is 0 Å². The zero-order valence-corrected chi connectivity index (χ0v) is 16.2. The number of nitrogens with one attached hydrogen (secondary N) is 1. The van der Waals surface area contributed by atoms with Crippen LogP contribution in [0, 0.1) is 6.92 Å². The van der Waals surface area contributed by atoms with Gasteiger partial charge in [-0.05, 0) is 36.8 Å². The van der Waals surface area contributed by atoms with Crippen LogP contribution in [0.2, 0.25) is 5.02 Å². The van der Waals surface area contributed by atoms with E-state index in [4.69, 9.17) is 11.6 Å². The fourth-order valence-electron chi connectivity index (χ4n) is 2.59. The van der Waals surface area contributed by atoms with Crippen LogP contribution in [0.5, 0.6) is 0 Å². The summed E-state index contributed by atoms with van der Waals surface area (Å²) in [6.07, 6.45) is -1.23. The van der Waals surface area contributed by atoms with Crippen molar-refractivity contribution in [1.82, 2.24) is 9.55 Å². The molecule has 0 spiro atoms. The molecule has 1 heterocycles. The predicted molar refractivity (Wildman–Crippen MR) is 104 cm³/mol. The first kappa shape index (κ1) is 20.3. The molecule has 0 saturated heterocycles. The van der Waals surface area contributed by atoms with E-state index < -0.39 is 17.6 Å². The molecule has 0 aliphatic heterocycles. The summed E-state index contributed by atoms with van der Waals surface area (Å²) in [4.78, 5) is 16.4. The Morgan fingerprint density at radius 2 is 1.96 bits per heavy atom. The molecule has 0 fully saturated rings.